The Morgan fingerprint density at radius 2 is 1.76 bits per heavy atom. The summed E-state index contributed by atoms with van der Waals surface area (Å²) in [6.07, 6.45) is 0.120. The average molecular weight is 596 g/mol. The Labute approximate surface area is 247 Å². The van der Waals surface area contributed by atoms with Gasteiger partial charge in [0.1, 0.15) is 39.3 Å². The molecule has 2 bridgehead atoms. The van der Waals surface area contributed by atoms with E-state index in [1.807, 2.05) is 38.1 Å². The van der Waals surface area contributed by atoms with E-state index in [2.05, 4.69) is 0 Å². The van der Waals surface area contributed by atoms with E-state index in [4.69, 9.17) is 5.73 Å². The van der Waals surface area contributed by atoms with Crippen LogP contribution < -0.4 is 10.0 Å². The number of allylic oxidation sites excluding steroid dienone is 1. The topological polar surface area (TPSA) is 121 Å². The van der Waals surface area contributed by atoms with E-state index in [1.165, 1.54) is 4.31 Å². The highest BCUT2D eigenvalue weighted by Gasteiger charge is 2.58. The summed E-state index contributed by atoms with van der Waals surface area (Å²) in [5.74, 6) is -0.792. The number of aliphatic hydroxyl groups is 1. The van der Waals surface area contributed by atoms with Gasteiger partial charge in [-0.15, -0.1) is 0 Å². The fourth-order valence-electron chi connectivity index (χ4n) is 8.73. The van der Waals surface area contributed by atoms with Gasteiger partial charge in [0.15, 0.2) is 6.54 Å². The molecule has 4 atom stereocenters. The van der Waals surface area contributed by atoms with E-state index in [-0.39, 0.29) is 30.3 Å². The van der Waals surface area contributed by atoms with Crippen LogP contribution >= 0.6 is 0 Å². The molecule has 42 heavy (non-hydrogen) atoms. The molecule has 0 aromatic heterocycles. The normalized spacial score (nSPS) is 33.3. The van der Waals surface area contributed by atoms with Crippen LogP contribution in [-0.2, 0) is 26.0 Å². The van der Waals surface area contributed by atoms with Crippen molar-refractivity contribution in [1.82, 2.24) is 4.90 Å². The number of amides is 2. The third-order valence-corrected chi connectivity index (χ3v) is 13.1. The molecular formula is C31H41N5O5S+2. The van der Waals surface area contributed by atoms with Crippen molar-refractivity contribution in [3.8, 4) is 0 Å². The molecule has 3 N–H and O–H groups in total. The Morgan fingerprint density at radius 1 is 1.10 bits per heavy atom. The van der Waals surface area contributed by atoms with Gasteiger partial charge in [-0.05, 0) is 42.5 Å². The monoisotopic (exact) mass is 595 g/mol. The fourth-order valence-corrected chi connectivity index (χ4v) is 10.4. The van der Waals surface area contributed by atoms with Gasteiger partial charge in [-0.2, -0.15) is 0 Å². The minimum atomic E-state index is -3.77. The van der Waals surface area contributed by atoms with Gasteiger partial charge in [0.2, 0.25) is 5.91 Å². The van der Waals surface area contributed by atoms with Crippen molar-refractivity contribution in [3.05, 3.63) is 47.2 Å². The second-order valence-electron chi connectivity index (χ2n) is 13.4. The van der Waals surface area contributed by atoms with Crippen LogP contribution in [0.15, 0.2) is 46.5 Å². The molecule has 0 unspecified atom stereocenters. The summed E-state index contributed by atoms with van der Waals surface area (Å²) in [5, 5.41) is 12.0. The van der Waals surface area contributed by atoms with E-state index < -0.39 is 22.0 Å². The zero-order valence-corrected chi connectivity index (χ0v) is 25.4. The molecule has 0 spiro atoms. The van der Waals surface area contributed by atoms with Crippen LogP contribution in [0.1, 0.15) is 26.3 Å². The van der Waals surface area contributed by atoms with Crippen LogP contribution in [0.4, 0.5) is 5.69 Å². The third kappa shape index (κ3) is 3.83. The lowest BCUT2D eigenvalue weighted by Gasteiger charge is -2.55. The molecule has 0 radical (unpaired) electrons. The van der Waals surface area contributed by atoms with Gasteiger partial charge in [-0.25, -0.2) is 8.42 Å². The van der Waals surface area contributed by atoms with Crippen molar-refractivity contribution >= 4 is 38.3 Å². The first kappa shape index (κ1) is 27.8. The first-order chi connectivity index (χ1) is 19.9. The van der Waals surface area contributed by atoms with Gasteiger partial charge in [0, 0.05) is 23.4 Å². The molecule has 0 aliphatic carbocycles. The van der Waals surface area contributed by atoms with Crippen LogP contribution in [0.3, 0.4) is 0 Å². The lowest BCUT2D eigenvalue weighted by Crippen LogP contribution is -2.76. The lowest BCUT2D eigenvalue weighted by atomic mass is 9.78. The summed E-state index contributed by atoms with van der Waals surface area (Å²) < 4.78 is 31.3. The molecule has 6 heterocycles. The minimum Gasteiger partial charge on any atom is -0.393 e. The van der Waals surface area contributed by atoms with Gasteiger partial charge >= 0.3 is 0 Å². The number of nitrogens with zero attached hydrogens (tertiary/aromatic N) is 4. The van der Waals surface area contributed by atoms with E-state index in [9.17, 15) is 23.1 Å². The molecule has 2 aromatic rings. The molecule has 10 nitrogen and oxygen atoms in total. The summed E-state index contributed by atoms with van der Waals surface area (Å²) in [4.78, 5) is 26.5. The van der Waals surface area contributed by atoms with Crippen LogP contribution in [0.5, 0.6) is 0 Å². The number of fused-ring (bicyclic) bond motifs is 4. The summed E-state index contributed by atoms with van der Waals surface area (Å²) in [7, 11) is -3.77. The fraction of sp³-hybridized carbons (Fsp3) is 0.548. The number of primary amides is 1. The van der Waals surface area contributed by atoms with Gasteiger partial charge < -0.3 is 24.7 Å². The molecule has 4 fully saturated rings. The zero-order chi connectivity index (χ0) is 29.8. The molecular weight excluding hydrogens is 554 g/mol. The van der Waals surface area contributed by atoms with Crippen molar-refractivity contribution in [3.63, 3.8) is 0 Å². The highest BCUT2D eigenvalue weighted by Crippen LogP contribution is 2.49. The molecule has 2 aromatic carbocycles. The molecule has 224 valence electrons. The smallest absolute Gasteiger partial charge is 0.272 e. The number of hydrogen-bond donors (Lipinski definition) is 2. The largest absolute Gasteiger partial charge is 0.393 e. The Balaban J connectivity index is 1.15. The first-order valence-corrected chi connectivity index (χ1v) is 16.6. The molecule has 4 saturated heterocycles. The summed E-state index contributed by atoms with van der Waals surface area (Å²) in [6.45, 7) is 13.3. The predicted octanol–water partition coefficient (Wildman–Crippen LogP) is 1.17. The molecule has 6 aliphatic heterocycles. The molecule has 0 saturated carbocycles. The van der Waals surface area contributed by atoms with Gasteiger partial charge in [-0.3, -0.25) is 13.9 Å². The number of aliphatic hydroxyl groups excluding tert-OH is 1. The van der Waals surface area contributed by atoms with E-state index in [1.54, 1.807) is 17.9 Å². The lowest BCUT2D eigenvalue weighted by molar-refractivity contribution is -1.08. The Kier molecular flexibility index (Phi) is 6.13. The number of carbonyl (C=O) groups excluding carboxylic acids is 2. The number of anilines is 1. The Hall–Kier alpha value is -2.99. The predicted molar refractivity (Wildman–Crippen MR) is 159 cm³/mol. The van der Waals surface area contributed by atoms with Crippen molar-refractivity contribution < 1.29 is 32.1 Å². The van der Waals surface area contributed by atoms with E-state index in [0.717, 1.165) is 88.8 Å². The van der Waals surface area contributed by atoms with Gasteiger partial charge in [0.05, 0.1) is 41.7 Å². The average Bonchev–Trinajstić information content (AvgIpc) is 3.28. The summed E-state index contributed by atoms with van der Waals surface area (Å²) in [6, 6.07) is 9.52. The van der Waals surface area contributed by atoms with Crippen LogP contribution in [0.2, 0.25) is 0 Å². The van der Waals surface area contributed by atoms with E-state index in [0.29, 0.717) is 17.1 Å². The number of rotatable bonds is 8. The van der Waals surface area contributed by atoms with Gasteiger partial charge in [0.25, 0.3) is 15.9 Å². The van der Waals surface area contributed by atoms with Crippen LogP contribution in [0, 0.1) is 11.8 Å². The summed E-state index contributed by atoms with van der Waals surface area (Å²) in [5.41, 5.74) is 9.14. The molecule has 11 heteroatoms. The first-order valence-electron chi connectivity index (χ1n) is 15.1. The molecule has 6 aliphatic rings. The molecule has 8 rings (SSSR count). The maximum atomic E-state index is 14.0. The molecule has 2 amide bonds. The number of piperazine rings is 3. The van der Waals surface area contributed by atoms with Crippen LogP contribution in [-0.4, -0.2) is 110 Å². The highest BCUT2D eigenvalue weighted by molar-refractivity contribution is 7.93. The second-order valence-corrected chi connectivity index (χ2v) is 15.3. The van der Waals surface area contributed by atoms with Crippen molar-refractivity contribution in [1.29, 1.82) is 0 Å². The van der Waals surface area contributed by atoms with Crippen molar-refractivity contribution in [2.24, 2.45) is 17.6 Å². The SMILES string of the molecule is CC1=C(CN2c3cccc4c(CC[N+]56CC[N+](CC(N)=O)(CC5)CC6)ccc(c34)S2(=O)=O)[C@H](C)[C@@H]2[C@@H]([C@@H](C)O)C(=O)N12. The number of hydrogen-bond acceptors (Lipinski definition) is 5. The summed E-state index contributed by atoms with van der Waals surface area (Å²) >= 11 is 0. The van der Waals surface area contributed by atoms with E-state index >= 15 is 0 Å². The zero-order valence-electron chi connectivity index (χ0n) is 24.6. The number of sulfonamides is 1. The number of benzene rings is 2. The van der Waals surface area contributed by atoms with Crippen molar-refractivity contribution in [2.75, 3.05) is 63.2 Å². The number of quaternary nitrogens is 2. The standard InChI is InChI=1S/C31H40N5O5S/c1-19-24(20(2)34-30(19)28(21(3)37)31(34)39)17-33-25-6-4-5-23-22(7-8-26(29(23)25)42(33,40)41)9-10-35-11-14-36(15-12-35,16-13-35)18-27(32)38/h4-8,19,21,28,30,37H,9-18H2,1-3H3,(H-,32,38)/q+1/p+1/t19-,21+,28+,30+,35?,36?/m0/s1. The maximum Gasteiger partial charge on any atom is 0.272 e. The van der Waals surface area contributed by atoms with Crippen molar-refractivity contribution in [2.45, 2.75) is 44.2 Å². The highest BCUT2D eigenvalue weighted by atomic mass is 32.2. The number of carbonyl (C=O) groups is 2. The van der Waals surface area contributed by atoms with Gasteiger partial charge in [-0.1, -0.05) is 25.1 Å². The Bertz CT molecular complexity index is 1640. The Morgan fingerprint density at radius 3 is 2.40 bits per heavy atom. The number of nitrogens with two attached hydrogens (primary N) is 1. The maximum absolute atomic E-state index is 14.0. The van der Waals surface area contributed by atoms with Crippen LogP contribution in [0.25, 0.3) is 10.8 Å². The second kappa shape index (κ2) is 9.25. The third-order valence-electron chi connectivity index (χ3n) is 11.3. The quantitative estimate of drug-likeness (QED) is 0.351. The number of β-lactam (4-membered cyclic amide) rings is 1. The minimum absolute atomic E-state index is 0.0423.